The Kier molecular flexibility index (Phi) is 6.66. The fourth-order valence-electron chi connectivity index (χ4n) is 3.62. The number of nitrogens with zero attached hydrogens (tertiary/aromatic N) is 2. The summed E-state index contributed by atoms with van der Waals surface area (Å²) >= 11 is 0. The molecule has 0 radical (unpaired) electrons. The molecule has 4 rings (SSSR count). The normalized spacial score (nSPS) is 11.7. The summed E-state index contributed by atoms with van der Waals surface area (Å²) < 4.78 is 7.02. The standard InChI is InChI=1S/C27H27N3O2/c1-20(13-14-21-9-5-3-6-10-21)28-27(31)25-19-30(23-11-7-4-8-12-23)29-26(25)22-15-17-24(32-2)18-16-22/h3-12,15-20H,13-14H2,1-2H3,(H,28,31). The van der Waals surface area contributed by atoms with E-state index in [4.69, 9.17) is 9.84 Å². The molecule has 32 heavy (non-hydrogen) atoms. The Morgan fingerprint density at radius 2 is 1.62 bits per heavy atom. The number of para-hydroxylation sites is 1. The molecule has 4 aromatic rings. The van der Waals surface area contributed by atoms with Gasteiger partial charge in [-0.15, -0.1) is 0 Å². The minimum atomic E-state index is -0.126. The Labute approximate surface area is 188 Å². The van der Waals surface area contributed by atoms with Gasteiger partial charge in [0.05, 0.1) is 18.4 Å². The van der Waals surface area contributed by atoms with E-state index in [2.05, 4.69) is 17.4 Å². The lowest BCUT2D eigenvalue weighted by Crippen LogP contribution is -2.33. The highest BCUT2D eigenvalue weighted by Gasteiger charge is 2.20. The number of ether oxygens (including phenoxy) is 1. The van der Waals surface area contributed by atoms with Crippen molar-refractivity contribution in [3.05, 3.63) is 102 Å². The highest BCUT2D eigenvalue weighted by molar-refractivity contribution is 6.00. The number of hydrogen-bond donors (Lipinski definition) is 1. The maximum Gasteiger partial charge on any atom is 0.255 e. The van der Waals surface area contributed by atoms with Gasteiger partial charge < -0.3 is 10.1 Å². The number of carbonyl (C=O) groups excluding carboxylic acids is 1. The SMILES string of the molecule is COc1ccc(-c2nn(-c3ccccc3)cc2C(=O)NC(C)CCc2ccccc2)cc1. The van der Waals surface area contributed by atoms with Crippen molar-refractivity contribution in [1.82, 2.24) is 15.1 Å². The van der Waals surface area contributed by atoms with Crippen LogP contribution in [0, 0.1) is 0 Å². The second kappa shape index (κ2) is 9.96. The predicted octanol–water partition coefficient (Wildman–Crippen LogP) is 5.30. The number of nitrogens with one attached hydrogen (secondary N) is 1. The first kappa shape index (κ1) is 21.4. The van der Waals surface area contributed by atoms with E-state index in [0.29, 0.717) is 11.3 Å². The van der Waals surface area contributed by atoms with Crippen LogP contribution < -0.4 is 10.1 Å². The number of aryl methyl sites for hydroxylation is 1. The number of aromatic nitrogens is 2. The van der Waals surface area contributed by atoms with E-state index < -0.39 is 0 Å². The summed E-state index contributed by atoms with van der Waals surface area (Å²) in [6, 6.07) is 27.7. The topological polar surface area (TPSA) is 56.2 Å². The summed E-state index contributed by atoms with van der Waals surface area (Å²) in [5.41, 5.74) is 4.22. The van der Waals surface area contributed by atoms with E-state index in [-0.39, 0.29) is 11.9 Å². The van der Waals surface area contributed by atoms with Crippen LogP contribution in [0.4, 0.5) is 0 Å². The fourth-order valence-corrected chi connectivity index (χ4v) is 3.62. The maximum absolute atomic E-state index is 13.2. The molecule has 5 nitrogen and oxygen atoms in total. The molecule has 0 spiro atoms. The number of benzene rings is 3. The molecule has 0 aliphatic heterocycles. The van der Waals surface area contributed by atoms with Crippen molar-refractivity contribution in [3.63, 3.8) is 0 Å². The van der Waals surface area contributed by atoms with Crippen LogP contribution in [0.25, 0.3) is 16.9 Å². The maximum atomic E-state index is 13.2. The molecule has 1 amide bonds. The molecule has 5 heteroatoms. The number of carbonyl (C=O) groups is 1. The Morgan fingerprint density at radius 1 is 0.969 bits per heavy atom. The molecular weight excluding hydrogens is 398 g/mol. The quantitative estimate of drug-likeness (QED) is 0.417. The van der Waals surface area contributed by atoms with E-state index in [1.54, 1.807) is 18.0 Å². The van der Waals surface area contributed by atoms with Gasteiger partial charge in [0.25, 0.3) is 5.91 Å². The average molecular weight is 426 g/mol. The largest absolute Gasteiger partial charge is 0.497 e. The van der Waals surface area contributed by atoms with E-state index in [0.717, 1.165) is 29.8 Å². The van der Waals surface area contributed by atoms with Gasteiger partial charge in [-0.2, -0.15) is 5.10 Å². The zero-order chi connectivity index (χ0) is 22.3. The van der Waals surface area contributed by atoms with Gasteiger partial charge in [-0.05, 0) is 61.7 Å². The first-order valence-electron chi connectivity index (χ1n) is 10.8. The first-order chi connectivity index (χ1) is 15.6. The Bertz CT molecular complexity index is 1150. The summed E-state index contributed by atoms with van der Waals surface area (Å²) in [6.45, 7) is 2.04. The molecule has 0 saturated carbocycles. The second-order valence-corrected chi connectivity index (χ2v) is 7.80. The van der Waals surface area contributed by atoms with Crippen LogP contribution in [-0.4, -0.2) is 28.8 Å². The van der Waals surface area contributed by atoms with Crippen molar-refractivity contribution in [2.24, 2.45) is 0 Å². The van der Waals surface area contributed by atoms with Crippen molar-refractivity contribution in [3.8, 4) is 22.7 Å². The van der Waals surface area contributed by atoms with Crippen molar-refractivity contribution >= 4 is 5.91 Å². The van der Waals surface area contributed by atoms with Crippen molar-refractivity contribution < 1.29 is 9.53 Å². The van der Waals surface area contributed by atoms with Crippen LogP contribution in [0.3, 0.4) is 0 Å². The van der Waals surface area contributed by atoms with Crippen molar-refractivity contribution in [1.29, 1.82) is 0 Å². The molecule has 0 saturated heterocycles. The van der Waals surface area contributed by atoms with E-state index in [1.165, 1.54) is 5.56 Å². The molecule has 1 atom stereocenters. The summed E-state index contributed by atoms with van der Waals surface area (Å²) in [6.07, 6.45) is 3.57. The summed E-state index contributed by atoms with van der Waals surface area (Å²) in [5.74, 6) is 0.635. The minimum Gasteiger partial charge on any atom is -0.497 e. The number of rotatable bonds is 8. The molecule has 1 N–H and O–H groups in total. The lowest BCUT2D eigenvalue weighted by Gasteiger charge is -2.14. The number of hydrogen-bond acceptors (Lipinski definition) is 3. The molecule has 1 heterocycles. The molecule has 0 aliphatic rings. The molecule has 0 bridgehead atoms. The van der Waals surface area contributed by atoms with Gasteiger partial charge in [-0.3, -0.25) is 4.79 Å². The Hall–Kier alpha value is -3.86. The summed E-state index contributed by atoms with van der Waals surface area (Å²) in [5, 5.41) is 7.89. The van der Waals surface area contributed by atoms with Crippen LogP contribution in [0.1, 0.15) is 29.3 Å². The average Bonchev–Trinajstić information content (AvgIpc) is 3.30. The zero-order valence-electron chi connectivity index (χ0n) is 18.4. The highest BCUT2D eigenvalue weighted by Crippen LogP contribution is 2.26. The molecular formula is C27H27N3O2. The molecule has 1 aromatic heterocycles. The van der Waals surface area contributed by atoms with Gasteiger partial charge in [0.15, 0.2) is 0 Å². The molecule has 162 valence electrons. The van der Waals surface area contributed by atoms with Gasteiger partial charge in [-0.25, -0.2) is 4.68 Å². The van der Waals surface area contributed by atoms with E-state index in [1.807, 2.05) is 79.7 Å². The monoisotopic (exact) mass is 425 g/mol. The van der Waals surface area contributed by atoms with Crippen molar-refractivity contribution in [2.45, 2.75) is 25.8 Å². The minimum absolute atomic E-state index is 0.0338. The molecule has 0 aliphatic carbocycles. The van der Waals surface area contributed by atoms with E-state index >= 15 is 0 Å². The molecule has 0 fully saturated rings. The van der Waals surface area contributed by atoms with Crippen LogP contribution in [0.15, 0.2) is 91.1 Å². The van der Waals surface area contributed by atoms with Crippen LogP contribution in [0.2, 0.25) is 0 Å². The van der Waals surface area contributed by atoms with Gasteiger partial charge in [0, 0.05) is 17.8 Å². The lowest BCUT2D eigenvalue weighted by molar-refractivity contribution is 0.0939. The van der Waals surface area contributed by atoms with Gasteiger partial charge in [0.1, 0.15) is 11.4 Å². The third kappa shape index (κ3) is 5.06. The first-order valence-corrected chi connectivity index (χ1v) is 10.8. The van der Waals surface area contributed by atoms with Gasteiger partial charge >= 0.3 is 0 Å². The summed E-state index contributed by atoms with van der Waals surface area (Å²) in [7, 11) is 1.63. The number of methoxy groups -OCH3 is 1. The fraction of sp³-hybridized carbons (Fsp3) is 0.185. The zero-order valence-corrected chi connectivity index (χ0v) is 18.4. The summed E-state index contributed by atoms with van der Waals surface area (Å²) in [4.78, 5) is 13.2. The van der Waals surface area contributed by atoms with Gasteiger partial charge in [0.2, 0.25) is 0 Å². The third-order valence-corrected chi connectivity index (χ3v) is 5.43. The van der Waals surface area contributed by atoms with Crippen LogP contribution in [-0.2, 0) is 6.42 Å². The smallest absolute Gasteiger partial charge is 0.255 e. The third-order valence-electron chi connectivity index (χ3n) is 5.43. The molecule has 1 unspecified atom stereocenters. The van der Waals surface area contributed by atoms with Crippen LogP contribution >= 0.6 is 0 Å². The molecule has 3 aromatic carbocycles. The van der Waals surface area contributed by atoms with Crippen LogP contribution in [0.5, 0.6) is 5.75 Å². The van der Waals surface area contributed by atoms with Gasteiger partial charge in [-0.1, -0.05) is 48.5 Å². The predicted molar refractivity (Wildman–Crippen MR) is 127 cm³/mol. The second-order valence-electron chi connectivity index (χ2n) is 7.80. The number of amides is 1. The van der Waals surface area contributed by atoms with Crippen molar-refractivity contribution in [2.75, 3.05) is 7.11 Å². The van der Waals surface area contributed by atoms with E-state index in [9.17, 15) is 4.79 Å². The highest BCUT2D eigenvalue weighted by atomic mass is 16.5. The Morgan fingerprint density at radius 3 is 2.28 bits per heavy atom. The Balaban J connectivity index is 1.57. The lowest BCUT2D eigenvalue weighted by atomic mass is 10.0.